The number of fused-ring (bicyclic) bond motifs is 1. The second kappa shape index (κ2) is 10.4. The number of alkyl halides is 6. The Labute approximate surface area is 188 Å². The van der Waals surface area contributed by atoms with Crippen LogP contribution in [0.4, 0.5) is 30.7 Å². The molecule has 4 unspecified atom stereocenters. The number of benzene rings is 2. The van der Waals surface area contributed by atoms with E-state index in [2.05, 4.69) is 5.32 Å². The van der Waals surface area contributed by atoms with Crippen molar-refractivity contribution < 1.29 is 35.5 Å². The number of ether oxygens (including phenoxy) is 1. The lowest BCUT2D eigenvalue weighted by molar-refractivity contribution is -0.143. The molecule has 2 nitrogen and oxygen atoms in total. The maximum atomic E-state index is 13.0. The largest absolute Gasteiger partial charge is 0.416 e. The van der Waals surface area contributed by atoms with Gasteiger partial charge in [0.15, 0.2) is 0 Å². The second-order valence-corrected chi connectivity index (χ2v) is 8.53. The number of nitrogens with one attached hydrogen (secondary N) is 1. The van der Waals surface area contributed by atoms with Gasteiger partial charge in [0.1, 0.15) is 5.82 Å². The van der Waals surface area contributed by atoms with Crippen molar-refractivity contribution in [2.24, 2.45) is 11.8 Å². The van der Waals surface area contributed by atoms with Crippen molar-refractivity contribution in [3.63, 3.8) is 0 Å². The minimum atomic E-state index is -4.84. The van der Waals surface area contributed by atoms with Gasteiger partial charge >= 0.3 is 12.4 Å². The van der Waals surface area contributed by atoms with Crippen LogP contribution in [0.5, 0.6) is 0 Å². The summed E-state index contributed by atoms with van der Waals surface area (Å²) in [5, 5.41) is 3.31. The van der Waals surface area contributed by atoms with Crippen molar-refractivity contribution in [2.45, 2.75) is 50.7 Å². The standard InChI is InChI=1S/C18H21F6NO.C6H5F/c1-10(26-16-3-2-11-8-25-9-13(11)6-16)12-4-14(17(19,20)21)7-15(5-12)18(22,23)24;7-6-4-2-1-3-5-6/h4-5,7,10-11,13,16,25H,2-3,6,8-9H2,1H3;1-5H. The lowest BCUT2D eigenvalue weighted by atomic mass is 9.80. The summed E-state index contributed by atoms with van der Waals surface area (Å²) < 4.78 is 95.7. The third-order valence-electron chi connectivity index (χ3n) is 6.11. The van der Waals surface area contributed by atoms with Crippen molar-refractivity contribution in [1.29, 1.82) is 0 Å². The number of halogens is 7. The van der Waals surface area contributed by atoms with Crippen LogP contribution in [0.1, 0.15) is 49.0 Å². The normalized spacial score (nSPS) is 23.9. The third kappa shape index (κ3) is 7.17. The van der Waals surface area contributed by atoms with Gasteiger partial charge in [0, 0.05) is 0 Å². The molecule has 2 fully saturated rings. The van der Waals surface area contributed by atoms with Crippen molar-refractivity contribution >= 4 is 0 Å². The first-order chi connectivity index (χ1) is 15.4. The van der Waals surface area contributed by atoms with Gasteiger partial charge in [0.2, 0.25) is 0 Å². The monoisotopic (exact) mass is 477 g/mol. The summed E-state index contributed by atoms with van der Waals surface area (Å²) in [5.41, 5.74) is -2.71. The van der Waals surface area contributed by atoms with Gasteiger partial charge in [-0.25, -0.2) is 4.39 Å². The summed E-state index contributed by atoms with van der Waals surface area (Å²) in [7, 11) is 0. The fourth-order valence-corrected chi connectivity index (χ4v) is 4.38. The molecule has 0 aromatic heterocycles. The molecule has 4 rings (SSSR count). The Morgan fingerprint density at radius 2 is 1.42 bits per heavy atom. The first-order valence-electron chi connectivity index (χ1n) is 10.8. The predicted molar refractivity (Wildman–Crippen MR) is 110 cm³/mol. The molecule has 0 amide bonds. The van der Waals surface area contributed by atoms with E-state index < -0.39 is 29.6 Å². The summed E-state index contributed by atoms with van der Waals surface area (Å²) >= 11 is 0. The molecule has 9 heteroatoms. The van der Waals surface area contributed by atoms with E-state index in [1.165, 1.54) is 19.1 Å². The Balaban J connectivity index is 0.000000374. The fraction of sp³-hybridized carbons (Fsp3) is 0.500. The van der Waals surface area contributed by atoms with Crippen molar-refractivity contribution in [1.82, 2.24) is 5.32 Å². The maximum absolute atomic E-state index is 13.0. The number of hydrogen-bond donors (Lipinski definition) is 1. The Kier molecular flexibility index (Phi) is 8.05. The van der Waals surface area contributed by atoms with Crippen LogP contribution in [-0.4, -0.2) is 19.2 Å². The fourth-order valence-electron chi connectivity index (χ4n) is 4.38. The minimum Gasteiger partial charge on any atom is -0.371 e. The molecule has 0 spiro atoms. The predicted octanol–water partition coefficient (Wildman–Crippen LogP) is 7.02. The molecule has 0 bridgehead atoms. The second-order valence-electron chi connectivity index (χ2n) is 8.53. The van der Waals surface area contributed by atoms with Crippen LogP contribution < -0.4 is 5.32 Å². The van der Waals surface area contributed by atoms with E-state index in [9.17, 15) is 30.7 Å². The summed E-state index contributed by atoms with van der Waals surface area (Å²) in [6, 6.07) is 9.59. The smallest absolute Gasteiger partial charge is 0.371 e. The highest BCUT2D eigenvalue weighted by Gasteiger charge is 2.38. The molecule has 4 atom stereocenters. The maximum Gasteiger partial charge on any atom is 0.416 e. The Bertz CT molecular complexity index is 866. The zero-order chi connectivity index (χ0) is 24.2. The van der Waals surface area contributed by atoms with Crippen molar-refractivity contribution in [2.75, 3.05) is 13.1 Å². The lowest BCUT2D eigenvalue weighted by Gasteiger charge is -2.33. The van der Waals surface area contributed by atoms with E-state index >= 15 is 0 Å². The first kappa shape index (κ1) is 25.5. The van der Waals surface area contributed by atoms with E-state index in [-0.39, 0.29) is 23.6 Å². The van der Waals surface area contributed by atoms with Gasteiger partial charge in [0.05, 0.1) is 23.3 Å². The summed E-state index contributed by atoms with van der Waals surface area (Å²) in [6.45, 7) is 3.37. The molecule has 1 saturated carbocycles. The van der Waals surface area contributed by atoms with Gasteiger partial charge in [-0.1, -0.05) is 18.2 Å². The van der Waals surface area contributed by atoms with E-state index in [1.54, 1.807) is 18.2 Å². The SMILES string of the molecule is CC(OC1CCC2CNCC2C1)c1cc(C(F)(F)F)cc(C(F)(F)F)c1.Fc1ccccc1. The van der Waals surface area contributed by atoms with Crippen molar-refractivity contribution in [3.8, 4) is 0 Å². The van der Waals surface area contributed by atoms with Gasteiger partial charge in [-0.3, -0.25) is 0 Å². The molecule has 1 aliphatic heterocycles. The van der Waals surface area contributed by atoms with Crippen molar-refractivity contribution in [3.05, 3.63) is 71.0 Å². The minimum absolute atomic E-state index is 0.0983. The molecule has 2 aromatic carbocycles. The molecule has 1 saturated heterocycles. The van der Waals surface area contributed by atoms with Gasteiger partial charge in [-0.2, -0.15) is 26.3 Å². The summed E-state index contributed by atoms with van der Waals surface area (Å²) in [6.07, 6.45) is -8.15. The van der Waals surface area contributed by atoms with Gasteiger partial charge in [-0.15, -0.1) is 0 Å². The van der Waals surface area contributed by atoms with Gasteiger partial charge in [0.25, 0.3) is 0 Å². The molecular weight excluding hydrogens is 451 g/mol. The average molecular weight is 477 g/mol. The quantitative estimate of drug-likeness (QED) is 0.480. The highest BCUT2D eigenvalue weighted by Crippen LogP contribution is 2.40. The Morgan fingerprint density at radius 1 is 0.848 bits per heavy atom. The van der Waals surface area contributed by atoms with E-state index in [4.69, 9.17) is 4.74 Å². The molecule has 1 aliphatic carbocycles. The van der Waals surface area contributed by atoms with E-state index in [0.717, 1.165) is 44.5 Å². The zero-order valence-corrected chi connectivity index (χ0v) is 18.0. The van der Waals surface area contributed by atoms with Gasteiger partial charge < -0.3 is 10.1 Å². The third-order valence-corrected chi connectivity index (χ3v) is 6.11. The topological polar surface area (TPSA) is 21.3 Å². The molecule has 2 aromatic rings. The number of hydrogen-bond acceptors (Lipinski definition) is 2. The molecule has 1 N–H and O–H groups in total. The molecule has 0 radical (unpaired) electrons. The Morgan fingerprint density at radius 3 is 1.94 bits per heavy atom. The molecular formula is C24H26F7NO. The van der Waals surface area contributed by atoms with Crippen LogP contribution in [-0.2, 0) is 17.1 Å². The van der Waals surface area contributed by atoms with Crippen LogP contribution in [0.25, 0.3) is 0 Å². The van der Waals surface area contributed by atoms with E-state index in [0.29, 0.717) is 11.8 Å². The molecule has 1 heterocycles. The summed E-state index contributed by atoms with van der Waals surface area (Å²) in [5.74, 6) is 0.881. The van der Waals surface area contributed by atoms with Crippen LogP contribution in [0.3, 0.4) is 0 Å². The summed E-state index contributed by atoms with van der Waals surface area (Å²) in [4.78, 5) is 0. The van der Waals surface area contributed by atoms with Crippen LogP contribution in [0, 0.1) is 17.7 Å². The van der Waals surface area contributed by atoms with E-state index in [1.807, 2.05) is 0 Å². The molecule has 2 aliphatic rings. The lowest BCUT2D eigenvalue weighted by Crippen LogP contribution is -2.29. The average Bonchev–Trinajstić information content (AvgIpc) is 3.21. The van der Waals surface area contributed by atoms with Crippen LogP contribution in [0.2, 0.25) is 0 Å². The van der Waals surface area contributed by atoms with Crippen LogP contribution in [0.15, 0.2) is 48.5 Å². The highest BCUT2D eigenvalue weighted by molar-refractivity contribution is 5.34. The first-order valence-corrected chi connectivity index (χ1v) is 10.8. The highest BCUT2D eigenvalue weighted by atomic mass is 19.4. The Hall–Kier alpha value is -2.13. The zero-order valence-electron chi connectivity index (χ0n) is 18.0. The molecule has 33 heavy (non-hydrogen) atoms. The van der Waals surface area contributed by atoms with Crippen LogP contribution >= 0.6 is 0 Å². The van der Waals surface area contributed by atoms with Gasteiger partial charge in [-0.05, 0) is 87.0 Å². The number of rotatable bonds is 3. The molecule has 182 valence electrons.